The minimum Gasteiger partial charge on any atom is -0.318 e. The lowest BCUT2D eigenvalue weighted by atomic mass is 10.2. The second-order valence-corrected chi connectivity index (χ2v) is 5.39. The van der Waals surface area contributed by atoms with Crippen molar-refractivity contribution in [3.8, 4) is 0 Å². The van der Waals surface area contributed by atoms with Crippen LogP contribution in [0.25, 0.3) is 0 Å². The fourth-order valence-corrected chi connectivity index (χ4v) is 1.98. The van der Waals surface area contributed by atoms with Crippen molar-refractivity contribution < 1.29 is 14.5 Å². The average molecular weight is 361 g/mol. The van der Waals surface area contributed by atoms with E-state index >= 15 is 0 Å². The second-order valence-electron chi connectivity index (χ2n) is 4.99. The Kier molecular flexibility index (Phi) is 5.80. The van der Waals surface area contributed by atoms with E-state index in [0.717, 1.165) is 5.56 Å². The minimum atomic E-state index is -0.972. The molecule has 0 heterocycles. The van der Waals surface area contributed by atoms with Crippen molar-refractivity contribution in [2.24, 2.45) is 5.10 Å². The number of hydrogen-bond acceptors (Lipinski definition) is 5. The van der Waals surface area contributed by atoms with Gasteiger partial charge in [0.15, 0.2) is 0 Å². The summed E-state index contributed by atoms with van der Waals surface area (Å²) >= 11 is 5.70. The molecule has 0 aliphatic carbocycles. The lowest BCUT2D eigenvalue weighted by Crippen LogP contribution is -2.32. The third-order valence-corrected chi connectivity index (χ3v) is 3.38. The van der Waals surface area contributed by atoms with Gasteiger partial charge in [-0.25, -0.2) is 5.43 Å². The molecule has 8 nitrogen and oxygen atoms in total. The maximum atomic E-state index is 11.7. The topological polar surface area (TPSA) is 114 Å². The maximum Gasteiger partial charge on any atom is 0.329 e. The molecule has 2 aromatic carbocycles. The van der Waals surface area contributed by atoms with E-state index in [2.05, 4.69) is 10.4 Å². The highest BCUT2D eigenvalue weighted by Gasteiger charge is 2.14. The summed E-state index contributed by atoms with van der Waals surface area (Å²) in [5.41, 5.74) is 3.59. The fourth-order valence-electron chi connectivity index (χ4n) is 1.79. The van der Waals surface area contributed by atoms with Crippen LogP contribution < -0.4 is 10.7 Å². The molecule has 0 bridgehead atoms. The summed E-state index contributed by atoms with van der Waals surface area (Å²) in [4.78, 5) is 33.6. The first-order chi connectivity index (χ1) is 11.9. The first kappa shape index (κ1) is 18.1. The number of rotatable bonds is 4. The number of anilines is 1. The van der Waals surface area contributed by atoms with E-state index in [9.17, 15) is 19.7 Å². The van der Waals surface area contributed by atoms with Crippen molar-refractivity contribution in [1.29, 1.82) is 0 Å². The second kappa shape index (κ2) is 8.02. The summed E-state index contributed by atoms with van der Waals surface area (Å²) in [5, 5.41) is 16.8. The highest BCUT2D eigenvalue weighted by molar-refractivity contribution is 6.39. The van der Waals surface area contributed by atoms with E-state index in [-0.39, 0.29) is 10.7 Å². The van der Waals surface area contributed by atoms with Crippen LogP contribution >= 0.6 is 11.6 Å². The van der Waals surface area contributed by atoms with Crippen molar-refractivity contribution in [3.63, 3.8) is 0 Å². The van der Waals surface area contributed by atoms with Gasteiger partial charge in [-0.1, -0.05) is 35.4 Å². The lowest BCUT2D eigenvalue weighted by Gasteiger charge is -2.04. The molecule has 0 aliphatic heterocycles. The van der Waals surface area contributed by atoms with Gasteiger partial charge in [-0.05, 0) is 25.1 Å². The van der Waals surface area contributed by atoms with Crippen molar-refractivity contribution in [2.45, 2.75) is 6.92 Å². The van der Waals surface area contributed by atoms with Gasteiger partial charge in [0.05, 0.1) is 11.1 Å². The summed E-state index contributed by atoms with van der Waals surface area (Å²) in [6, 6.07) is 10.9. The van der Waals surface area contributed by atoms with Gasteiger partial charge in [0, 0.05) is 17.3 Å². The standard InChI is InChI=1S/C16H13ClN4O4/c1-10-2-5-12(6-3-10)19-15(22)16(23)20-18-9-11-4-7-13(17)14(8-11)21(24)25/h2-9H,1H3,(H,19,22)(H,20,23)/b18-9-. The number of carbonyl (C=O) groups excluding carboxylic acids is 2. The maximum absolute atomic E-state index is 11.7. The summed E-state index contributed by atoms with van der Waals surface area (Å²) in [7, 11) is 0. The van der Waals surface area contributed by atoms with E-state index in [1.807, 2.05) is 12.3 Å². The first-order valence-corrected chi connectivity index (χ1v) is 7.39. The number of hydrogen-bond donors (Lipinski definition) is 2. The van der Waals surface area contributed by atoms with Gasteiger partial charge in [0.1, 0.15) is 5.02 Å². The molecule has 0 atom stereocenters. The Labute approximate surface area is 147 Å². The number of hydrazone groups is 1. The van der Waals surface area contributed by atoms with Crippen molar-refractivity contribution in [1.82, 2.24) is 5.43 Å². The molecule has 9 heteroatoms. The number of aryl methyl sites for hydroxylation is 1. The molecule has 0 aliphatic rings. The highest BCUT2D eigenvalue weighted by atomic mass is 35.5. The van der Waals surface area contributed by atoms with Crippen LogP contribution in [-0.2, 0) is 9.59 Å². The molecule has 2 amide bonds. The number of carbonyl (C=O) groups is 2. The molecule has 2 N–H and O–H groups in total. The Bertz CT molecular complexity index is 850. The molecule has 0 fully saturated rings. The summed E-state index contributed by atoms with van der Waals surface area (Å²) in [6.07, 6.45) is 1.17. The van der Waals surface area contributed by atoms with E-state index in [0.29, 0.717) is 11.3 Å². The fraction of sp³-hybridized carbons (Fsp3) is 0.0625. The van der Waals surface area contributed by atoms with Crippen molar-refractivity contribution >= 4 is 41.0 Å². The smallest absolute Gasteiger partial charge is 0.318 e. The molecule has 0 aromatic heterocycles. The Hall–Kier alpha value is -3.26. The number of nitro groups is 1. The lowest BCUT2D eigenvalue weighted by molar-refractivity contribution is -0.384. The predicted molar refractivity (Wildman–Crippen MR) is 93.7 cm³/mol. The van der Waals surface area contributed by atoms with Crippen LogP contribution in [-0.4, -0.2) is 23.0 Å². The number of halogens is 1. The van der Waals surface area contributed by atoms with Crippen molar-refractivity contribution in [3.05, 3.63) is 68.7 Å². The Morgan fingerprint density at radius 3 is 2.48 bits per heavy atom. The Morgan fingerprint density at radius 2 is 1.84 bits per heavy atom. The molecule has 0 radical (unpaired) electrons. The molecular weight excluding hydrogens is 348 g/mol. The van der Waals surface area contributed by atoms with Crippen LogP contribution in [0, 0.1) is 17.0 Å². The molecule has 0 saturated heterocycles. The summed E-state index contributed by atoms with van der Waals surface area (Å²) in [6.45, 7) is 1.90. The van der Waals surface area contributed by atoms with Gasteiger partial charge in [0.25, 0.3) is 5.69 Å². The van der Waals surface area contributed by atoms with E-state index < -0.39 is 16.7 Å². The minimum absolute atomic E-state index is 0.0105. The number of nitrogens with one attached hydrogen (secondary N) is 2. The third-order valence-electron chi connectivity index (χ3n) is 3.06. The zero-order valence-electron chi connectivity index (χ0n) is 13.0. The van der Waals surface area contributed by atoms with Gasteiger partial charge < -0.3 is 5.32 Å². The monoisotopic (exact) mass is 360 g/mol. The van der Waals surface area contributed by atoms with Gasteiger partial charge in [0.2, 0.25) is 0 Å². The van der Waals surface area contributed by atoms with Crippen LogP contribution in [0.2, 0.25) is 5.02 Å². The van der Waals surface area contributed by atoms with E-state index in [1.54, 1.807) is 24.3 Å². The number of nitro benzene ring substituents is 1. The molecule has 2 aromatic rings. The summed E-state index contributed by atoms with van der Waals surface area (Å²) in [5.74, 6) is -1.86. The molecule has 0 unspecified atom stereocenters. The van der Waals surface area contributed by atoms with Gasteiger partial charge in [-0.15, -0.1) is 0 Å². The molecular formula is C16H13ClN4O4. The normalized spacial score (nSPS) is 10.5. The molecule has 128 valence electrons. The molecule has 2 rings (SSSR count). The zero-order valence-corrected chi connectivity index (χ0v) is 13.8. The molecule has 25 heavy (non-hydrogen) atoms. The van der Waals surface area contributed by atoms with Gasteiger partial charge >= 0.3 is 11.8 Å². The Balaban J connectivity index is 1.95. The highest BCUT2D eigenvalue weighted by Crippen LogP contribution is 2.24. The zero-order chi connectivity index (χ0) is 18.4. The predicted octanol–water partition coefficient (Wildman–Crippen LogP) is 2.65. The number of amides is 2. The average Bonchev–Trinajstić information content (AvgIpc) is 2.58. The van der Waals surface area contributed by atoms with Crippen LogP contribution in [0.5, 0.6) is 0 Å². The molecule has 0 saturated carbocycles. The SMILES string of the molecule is Cc1ccc(NC(=O)C(=O)N/N=C\c2ccc(Cl)c([N+](=O)[O-])c2)cc1. The first-order valence-electron chi connectivity index (χ1n) is 7.02. The van der Waals surface area contributed by atoms with Crippen LogP contribution in [0.15, 0.2) is 47.6 Å². The van der Waals surface area contributed by atoms with Crippen LogP contribution in [0.1, 0.15) is 11.1 Å². The summed E-state index contributed by atoms with van der Waals surface area (Å²) < 4.78 is 0. The van der Waals surface area contributed by atoms with Crippen molar-refractivity contribution in [2.75, 3.05) is 5.32 Å². The number of nitrogens with zero attached hydrogens (tertiary/aromatic N) is 2. The van der Waals surface area contributed by atoms with Crippen LogP contribution in [0.3, 0.4) is 0 Å². The number of benzene rings is 2. The van der Waals surface area contributed by atoms with E-state index in [4.69, 9.17) is 11.6 Å². The largest absolute Gasteiger partial charge is 0.329 e. The van der Waals surface area contributed by atoms with Gasteiger partial charge in [-0.2, -0.15) is 5.10 Å². The Morgan fingerprint density at radius 1 is 1.16 bits per heavy atom. The quantitative estimate of drug-likeness (QED) is 0.377. The molecule has 0 spiro atoms. The van der Waals surface area contributed by atoms with Crippen LogP contribution in [0.4, 0.5) is 11.4 Å². The third kappa shape index (κ3) is 5.11. The van der Waals surface area contributed by atoms with E-state index in [1.165, 1.54) is 24.4 Å². The van der Waals surface area contributed by atoms with Gasteiger partial charge in [-0.3, -0.25) is 19.7 Å².